The normalized spacial score (nSPS) is 20.1. The highest BCUT2D eigenvalue weighted by atomic mass is 16.5. The summed E-state index contributed by atoms with van der Waals surface area (Å²) in [6, 6.07) is 6.38. The van der Waals surface area contributed by atoms with E-state index in [-0.39, 0.29) is 24.1 Å². The quantitative estimate of drug-likeness (QED) is 0.781. The lowest BCUT2D eigenvalue weighted by Gasteiger charge is -2.09. The van der Waals surface area contributed by atoms with E-state index in [4.69, 9.17) is 10.5 Å². The summed E-state index contributed by atoms with van der Waals surface area (Å²) in [6.07, 6.45) is 0.810. The molecule has 6 nitrogen and oxygen atoms in total. The monoisotopic (exact) mass is 276 g/mol. The molecule has 0 spiro atoms. The molecule has 0 saturated heterocycles. The molecule has 20 heavy (non-hydrogen) atoms. The summed E-state index contributed by atoms with van der Waals surface area (Å²) in [7, 11) is 0. The topological polar surface area (TPSA) is 98.5 Å². The van der Waals surface area contributed by atoms with E-state index in [1.807, 2.05) is 6.92 Å². The molecule has 0 bridgehead atoms. The molecule has 1 aliphatic carbocycles. The molecule has 0 aliphatic heterocycles. The molecule has 1 aliphatic rings. The number of ether oxygens (including phenoxy) is 1. The number of hydrogen-bond donors (Lipinski definition) is 2. The number of nitrogens with one attached hydrogen (secondary N) is 1. The van der Waals surface area contributed by atoms with Gasteiger partial charge in [0.2, 0.25) is 0 Å². The molecular weight excluding hydrogens is 260 g/mol. The Labute approximate surface area is 116 Å². The van der Waals surface area contributed by atoms with Gasteiger partial charge in [0.05, 0.1) is 17.2 Å². The van der Waals surface area contributed by atoms with Gasteiger partial charge < -0.3 is 15.8 Å². The summed E-state index contributed by atoms with van der Waals surface area (Å²) in [5, 5.41) is 2.50. The predicted molar refractivity (Wildman–Crippen MR) is 71.8 cm³/mol. The first-order chi connectivity index (χ1) is 9.49. The van der Waals surface area contributed by atoms with Crippen LogP contribution >= 0.6 is 0 Å². The molecule has 6 heteroatoms. The maximum Gasteiger partial charge on any atom is 0.309 e. The molecule has 0 heterocycles. The lowest BCUT2D eigenvalue weighted by Crippen LogP contribution is -2.23. The highest BCUT2D eigenvalue weighted by Gasteiger charge is 2.40. The largest absolute Gasteiger partial charge is 0.455 e. The molecule has 0 radical (unpaired) electrons. The number of anilines is 1. The maximum absolute atomic E-state index is 11.7. The fraction of sp³-hybridized carbons (Fsp3) is 0.357. The van der Waals surface area contributed by atoms with E-state index in [9.17, 15) is 14.4 Å². The van der Waals surface area contributed by atoms with Crippen LogP contribution in [0.2, 0.25) is 0 Å². The van der Waals surface area contributed by atoms with E-state index in [1.54, 1.807) is 18.2 Å². The smallest absolute Gasteiger partial charge is 0.309 e. The van der Waals surface area contributed by atoms with Crippen molar-refractivity contribution < 1.29 is 19.1 Å². The molecule has 106 valence electrons. The minimum Gasteiger partial charge on any atom is -0.455 e. The highest BCUT2D eigenvalue weighted by molar-refractivity contribution is 6.03. The second kappa shape index (κ2) is 5.73. The van der Waals surface area contributed by atoms with Crippen molar-refractivity contribution in [1.82, 2.24) is 0 Å². The molecule has 2 rings (SSSR count). The Hall–Kier alpha value is -2.37. The molecule has 0 unspecified atom stereocenters. The molecule has 1 aromatic carbocycles. The summed E-state index contributed by atoms with van der Waals surface area (Å²) < 4.78 is 4.90. The Bertz CT molecular complexity index is 556. The molecule has 0 aromatic heterocycles. The highest BCUT2D eigenvalue weighted by Crippen LogP contribution is 2.38. The zero-order valence-corrected chi connectivity index (χ0v) is 11.1. The van der Waals surface area contributed by atoms with Gasteiger partial charge in [-0.2, -0.15) is 0 Å². The number of primary amides is 1. The van der Waals surface area contributed by atoms with Crippen LogP contribution in [-0.4, -0.2) is 24.4 Å². The fourth-order valence-corrected chi connectivity index (χ4v) is 1.89. The number of benzene rings is 1. The van der Waals surface area contributed by atoms with E-state index >= 15 is 0 Å². The van der Waals surface area contributed by atoms with Crippen molar-refractivity contribution in [2.45, 2.75) is 13.3 Å². The van der Waals surface area contributed by atoms with Crippen LogP contribution in [0.4, 0.5) is 5.69 Å². The average Bonchev–Trinajstić information content (AvgIpc) is 3.13. The Morgan fingerprint density at radius 2 is 2.00 bits per heavy atom. The number of carbonyl (C=O) groups excluding carboxylic acids is 3. The number of nitrogens with two attached hydrogens (primary N) is 1. The molecule has 2 amide bonds. The summed E-state index contributed by atoms with van der Waals surface area (Å²) in [4.78, 5) is 34.3. The van der Waals surface area contributed by atoms with E-state index < -0.39 is 11.8 Å². The molecule has 3 N–H and O–H groups in total. The maximum atomic E-state index is 11.7. The van der Waals surface area contributed by atoms with E-state index in [1.165, 1.54) is 6.07 Å². The number of hydrogen-bond acceptors (Lipinski definition) is 4. The van der Waals surface area contributed by atoms with E-state index in [0.29, 0.717) is 11.6 Å². The number of carbonyl (C=O) groups is 3. The van der Waals surface area contributed by atoms with Gasteiger partial charge in [-0.05, 0) is 24.5 Å². The van der Waals surface area contributed by atoms with Gasteiger partial charge in [-0.3, -0.25) is 14.4 Å². The summed E-state index contributed by atoms with van der Waals surface area (Å²) >= 11 is 0. The van der Waals surface area contributed by atoms with Crippen LogP contribution in [0.15, 0.2) is 24.3 Å². The van der Waals surface area contributed by atoms with Gasteiger partial charge in [0.1, 0.15) is 0 Å². The van der Waals surface area contributed by atoms with Gasteiger partial charge in [-0.1, -0.05) is 19.1 Å². The van der Waals surface area contributed by atoms with Crippen LogP contribution in [0, 0.1) is 11.8 Å². The second-order valence-electron chi connectivity index (χ2n) is 4.89. The molecule has 1 aromatic rings. The lowest BCUT2D eigenvalue weighted by atomic mass is 10.1. The number of esters is 1. The van der Waals surface area contributed by atoms with Crippen LogP contribution in [0.3, 0.4) is 0 Å². The average molecular weight is 276 g/mol. The Kier molecular flexibility index (Phi) is 4.02. The van der Waals surface area contributed by atoms with Gasteiger partial charge in [0.25, 0.3) is 11.8 Å². The van der Waals surface area contributed by atoms with Crippen molar-refractivity contribution in [3.63, 3.8) is 0 Å². The van der Waals surface area contributed by atoms with Crippen LogP contribution in [0.25, 0.3) is 0 Å². The Balaban J connectivity index is 1.88. The number of amides is 2. The van der Waals surface area contributed by atoms with Crippen LogP contribution in [0.1, 0.15) is 23.7 Å². The minimum absolute atomic E-state index is 0.0827. The fourth-order valence-electron chi connectivity index (χ4n) is 1.89. The summed E-state index contributed by atoms with van der Waals surface area (Å²) in [5.41, 5.74) is 5.72. The Morgan fingerprint density at radius 1 is 1.35 bits per heavy atom. The van der Waals surface area contributed by atoms with Gasteiger partial charge in [-0.25, -0.2) is 0 Å². The van der Waals surface area contributed by atoms with Crippen molar-refractivity contribution in [2.24, 2.45) is 17.6 Å². The van der Waals surface area contributed by atoms with Gasteiger partial charge >= 0.3 is 5.97 Å². The first kappa shape index (κ1) is 14.0. The van der Waals surface area contributed by atoms with Crippen molar-refractivity contribution >= 4 is 23.5 Å². The van der Waals surface area contributed by atoms with Crippen molar-refractivity contribution in [1.29, 1.82) is 0 Å². The van der Waals surface area contributed by atoms with Crippen LogP contribution in [-0.2, 0) is 14.3 Å². The van der Waals surface area contributed by atoms with Crippen LogP contribution in [0.5, 0.6) is 0 Å². The van der Waals surface area contributed by atoms with Gasteiger partial charge in [0, 0.05) is 0 Å². The van der Waals surface area contributed by atoms with Gasteiger partial charge in [0.15, 0.2) is 6.61 Å². The minimum atomic E-state index is -0.635. The molecular formula is C14H16N2O4. The zero-order valence-electron chi connectivity index (χ0n) is 11.1. The zero-order chi connectivity index (χ0) is 14.7. The number of para-hydroxylation sites is 1. The predicted octanol–water partition coefficient (Wildman–Crippen LogP) is 0.923. The molecule has 1 saturated carbocycles. The standard InChI is InChI=1S/C14H16N2O4/c1-8-6-10(8)14(19)20-7-12(17)16-11-5-3-2-4-9(11)13(15)18/h2-5,8,10H,6-7H2,1H3,(H2,15,18)(H,16,17)/t8-,10+/m1/s1. The van der Waals surface area contributed by atoms with Crippen molar-refractivity contribution in [3.05, 3.63) is 29.8 Å². The molecule has 1 fully saturated rings. The van der Waals surface area contributed by atoms with Crippen molar-refractivity contribution in [3.8, 4) is 0 Å². The van der Waals surface area contributed by atoms with E-state index in [2.05, 4.69) is 5.32 Å². The third-order valence-corrected chi connectivity index (χ3v) is 3.22. The first-order valence-corrected chi connectivity index (χ1v) is 6.34. The third kappa shape index (κ3) is 3.34. The lowest BCUT2D eigenvalue weighted by molar-refractivity contribution is -0.148. The van der Waals surface area contributed by atoms with Gasteiger partial charge in [-0.15, -0.1) is 0 Å². The van der Waals surface area contributed by atoms with Crippen LogP contribution < -0.4 is 11.1 Å². The molecule has 2 atom stereocenters. The van der Waals surface area contributed by atoms with E-state index in [0.717, 1.165) is 6.42 Å². The second-order valence-corrected chi connectivity index (χ2v) is 4.89. The summed E-state index contributed by atoms with van der Waals surface area (Å²) in [5.74, 6) is -1.23. The first-order valence-electron chi connectivity index (χ1n) is 6.34. The summed E-state index contributed by atoms with van der Waals surface area (Å²) in [6.45, 7) is 1.59. The third-order valence-electron chi connectivity index (χ3n) is 3.22. The Morgan fingerprint density at radius 3 is 2.60 bits per heavy atom. The number of rotatable bonds is 5. The van der Waals surface area contributed by atoms with Crippen molar-refractivity contribution in [2.75, 3.05) is 11.9 Å². The SMILES string of the molecule is C[C@@H]1C[C@@H]1C(=O)OCC(=O)Nc1ccccc1C(N)=O.